The average Bonchev–Trinajstić information content (AvgIpc) is 2.04. The van der Waals surface area contributed by atoms with Gasteiger partial charge in [-0.25, -0.2) is 4.42 Å². The normalized spacial score (nSPS) is 8.80. The van der Waals surface area contributed by atoms with Crippen LogP contribution in [0.15, 0.2) is 30.8 Å². The maximum atomic E-state index is 4.81. The molecule has 1 aromatic carbocycles. The van der Waals surface area contributed by atoms with Gasteiger partial charge in [-0.15, -0.1) is 0 Å². The summed E-state index contributed by atoms with van der Waals surface area (Å²) in [7, 11) is 0. The Labute approximate surface area is 60.3 Å². The molecule has 0 atom stereocenters. The summed E-state index contributed by atoms with van der Waals surface area (Å²) in [6.45, 7) is 6.95. The Balaban J connectivity index is 3.20. The molecular formula is C9H9O+. The molecule has 0 aliphatic rings. The predicted octanol–water partition coefficient (Wildman–Crippen LogP) is 2.41. The van der Waals surface area contributed by atoms with Crippen LogP contribution in [0.1, 0.15) is 5.56 Å². The molecule has 0 aliphatic carbocycles. The van der Waals surface area contributed by atoms with Gasteiger partial charge in [-0.2, -0.15) is 0 Å². The highest BCUT2D eigenvalue weighted by atomic mass is 16.4. The predicted molar refractivity (Wildman–Crippen MR) is 43.1 cm³/mol. The first kappa shape index (κ1) is 6.75. The third kappa shape index (κ3) is 1.13. The topological polar surface area (TPSA) is 11.3 Å². The zero-order chi connectivity index (χ0) is 7.40. The van der Waals surface area contributed by atoms with Crippen LogP contribution in [-0.4, -0.2) is 6.79 Å². The molecule has 0 heterocycles. The minimum Gasteiger partial charge on any atom is -0.224 e. The van der Waals surface area contributed by atoms with Crippen molar-refractivity contribution in [2.75, 3.05) is 0 Å². The lowest BCUT2D eigenvalue weighted by Gasteiger charge is -1.86. The number of carbonyl (C=O) groups excluding carboxylic acids is 1. The Morgan fingerprint density at radius 1 is 1.30 bits per heavy atom. The van der Waals surface area contributed by atoms with Gasteiger partial charge in [-0.1, -0.05) is 24.8 Å². The minimum absolute atomic E-state index is 0.762. The minimum atomic E-state index is 0.762. The van der Waals surface area contributed by atoms with E-state index in [9.17, 15) is 0 Å². The fourth-order valence-corrected chi connectivity index (χ4v) is 0.781. The molecule has 0 amide bonds. The summed E-state index contributed by atoms with van der Waals surface area (Å²) in [4.78, 5) is 0. The first-order valence-corrected chi connectivity index (χ1v) is 3.02. The molecule has 0 aliphatic heterocycles. The third-order valence-electron chi connectivity index (χ3n) is 1.29. The first-order chi connectivity index (χ1) is 4.88. The Hall–Kier alpha value is -1.37. The number of hydrogen-bond acceptors (Lipinski definition) is 0. The zero-order valence-corrected chi connectivity index (χ0v) is 5.71. The molecule has 1 nitrogen and oxygen atoms in total. The van der Waals surface area contributed by atoms with Gasteiger partial charge >= 0.3 is 5.75 Å². The van der Waals surface area contributed by atoms with E-state index in [4.69, 9.17) is 4.42 Å². The van der Waals surface area contributed by atoms with E-state index in [1.165, 1.54) is 0 Å². The van der Waals surface area contributed by atoms with Gasteiger partial charge in [0.15, 0.2) is 0 Å². The lowest BCUT2D eigenvalue weighted by molar-refractivity contribution is -0.355. The standard InChI is InChI=1S/C9H9O/c1-3-8-6-4-5-7-9(8)10-2/h3-7H,1-2H2/q+1. The first-order valence-electron chi connectivity index (χ1n) is 3.02. The second-order valence-electron chi connectivity index (χ2n) is 1.89. The van der Waals surface area contributed by atoms with Crippen LogP contribution in [-0.2, 0) is 4.42 Å². The van der Waals surface area contributed by atoms with E-state index in [-0.39, 0.29) is 0 Å². The molecule has 0 radical (unpaired) electrons. The molecule has 10 heavy (non-hydrogen) atoms. The quantitative estimate of drug-likeness (QED) is 0.549. The molecule has 1 aromatic rings. The number of benzene rings is 1. The van der Waals surface area contributed by atoms with Crippen molar-refractivity contribution in [2.45, 2.75) is 0 Å². The maximum Gasteiger partial charge on any atom is 0.358 e. The van der Waals surface area contributed by atoms with Crippen molar-refractivity contribution >= 4 is 12.9 Å². The average molecular weight is 133 g/mol. The second-order valence-corrected chi connectivity index (χ2v) is 1.89. The summed E-state index contributed by atoms with van der Waals surface area (Å²) in [5.74, 6) is 0.762. The Morgan fingerprint density at radius 3 is 2.50 bits per heavy atom. The van der Waals surface area contributed by atoms with Crippen molar-refractivity contribution in [3.8, 4) is 5.75 Å². The van der Waals surface area contributed by atoms with Crippen LogP contribution in [0.2, 0.25) is 0 Å². The van der Waals surface area contributed by atoms with E-state index >= 15 is 0 Å². The Morgan fingerprint density at radius 2 is 2.00 bits per heavy atom. The van der Waals surface area contributed by atoms with E-state index < -0.39 is 0 Å². The monoisotopic (exact) mass is 133 g/mol. The second kappa shape index (κ2) is 2.97. The van der Waals surface area contributed by atoms with Crippen molar-refractivity contribution in [3.63, 3.8) is 0 Å². The molecule has 50 valence electrons. The molecule has 0 unspecified atom stereocenters. The fourth-order valence-electron chi connectivity index (χ4n) is 0.781. The number of para-hydroxylation sites is 1. The van der Waals surface area contributed by atoms with E-state index in [1.807, 2.05) is 24.3 Å². The van der Waals surface area contributed by atoms with E-state index in [0.717, 1.165) is 11.3 Å². The van der Waals surface area contributed by atoms with Gasteiger partial charge in [0.1, 0.15) is 0 Å². The Kier molecular flexibility index (Phi) is 2.00. The number of hydrogen-bond donors (Lipinski definition) is 0. The van der Waals surface area contributed by atoms with Gasteiger partial charge in [0.2, 0.25) is 0 Å². The number of rotatable bonds is 2. The van der Waals surface area contributed by atoms with Gasteiger partial charge in [-0.3, -0.25) is 0 Å². The molecule has 1 rings (SSSR count). The van der Waals surface area contributed by atoms with Crippen molar-refractivity contribution in [1.29, 1.82) is 0 Å². The largest absolute Gasteiger partial charge is 0.358 e. The highest BCUT2D eigenvalue weighted by Crippen LogP contribution is 2.17. The van der Waals surface area contributed by atoms with Crippen LogP contribution in [0.4, 0.5) is 0 Å². The van der Waals surface area contributed by atoms with Crippen LogP contribution in [0.5, 0.6) is 5.75 Å². The fraction of sp³-hybridized carbons (Fsp3) is 0. The van der Waals surface area contributed by atoms with Crippen LogP contribution in [0.3, 0.4) is 0 Å². The van der Waals surface area contributed by atoms with Crippen molar-refractivity contribution in [3.05, 3.63) is 36.4 Å². The molecule has 0 aromatic heterocycles. The summed E-state index contributed by atoms with van der Waals surface area (Å²) in [5.41, 5.74) is 0.970. The van der Waals surface area contributed by atoms with Crippen LogP contribution < -0.4 is 0 Å². The lowest BCUT2D eigenvalue weighted by atomic mass is 10.2. The van der Waals surface area contributed by atoms with Gasteiger partial charge in [0.25, 0.3) is 6.79 Å². The lowest BCUT2D eigenvalue weighted by Crippen LogP contribution is -1.72. The highest BCUT2D eigenvalue weighted by molar-refractivity contribution is 5.54. The summed E-state index contributed by atoms with van der Waals surface area (Å²) >= 11 is 0. The van der Waals surface area contributed by atoms with Gasteiger partial charge < -0.3 is 0 Å². The molecular weight excluding hydrogens is 124 g/mol. The summed E-state index contributed by atoms with van der Waals surface area (Å²) in [6.07, 6.45) is 1.74. The van der Waals surface area contributed by atoms with Gasteiger partial charge in [-0.05, 0) is 6.07 Å². The van der Waals surface area contributed by atoms with Crippen molar-refractivity contribution in [1.82, 2.24) is 0 Å². The van der Waals surface area contributed by atoms with E-state index in [1.54, 1.807) is 6.08 Å². The van der Waals surface area contributed by atoms with Crippen molar-refractivity contribution in [2.24, 2.45) is 0 Å². The Bertz CT molecular complexity index is 224. The van der Waals surface area contributed by atoms with Crippen LogP contribution in [0, 0.1) is 0 Å². The molecule has 0 bridgehead atoms. The van der Waals surface area contributed by atoms with Crippen LogP contribution in [0.25, 0.3) is 6.08 Å². The molecule has 0 N–H and O–H groups in total. The summed E-state index contributed by atoms with van der Waals surface area (Å²) in [5, 5.41) is 0. The maximum absolute atomic E-state index is 4.81. The molecule has 0 saturated carbocycles. The summed E-state index contributed by atoms with van der Waals surface area (Å²) < 4.78 is 4.81. The van der Waals surface area contributed by atoms with E-state index in [2.05, 4.69) is 13.4 Å². The SMILES string of the molecule is C=Cc1ccccc1[O+]=C. The third-order valence-corrected chi connectivity index (χ3v) is 1.29. The zero-order valence-electron chi connectivity index (χ0n) is 5.71. The molecule has 0 saturated heterocycles. The highest BCUT2D eigenvalue weighted by Gasteiger charge is 2.02. The molecule has 1 heteroatoms. The van der Waals surface area contributed by atoms with E-state index in [0.29, 0.717) is 0 Å². The summed E-state index contributed by atoms with van der Waals surface area (Å²) in [6, 6.07) is 7.60. The smallest absolute Gasteiger partial charge is 0.224 e. The molecule has 0 spiro atoms. The van der Waals surface area contributed by atoms with Gasteiger partial charge in [0, 0.05) is 6.07 Å². The van der Waals surface area contributed by atoms with Gasteiger partial charge in [0.05, 0.1) is 5.56 Å². The van der Waals surface area contributed by atoms with Crippen LogP contribution >= 0.6 is 0 Å². The molecule has 0 fully saturated rings. The van der Waals surface area contributed by atoms with Crippen molar-refractivity contribution < 1.29 is 4.42 Å².